The van der Waals surface area contributed by atoms with Gasteiger partial charge in [0.05, 0.1) is 16.6 Å². The molecule has 0 aliphatic carbocycles. The first kappa shape index (κ1) is 19.2. The number of nitro benzene ring substituents is 1. The fourth-order valence-corrected chi connectivity index (χ4v) is 2.78. The highest BCUT2D eigenvalue weighted by Crippen LogP contribution is 2.22. The standard InChI is InChI=1S/C22H15ClN2O3/c23-20-3-1-2-17(13-20)15-28-22-10-4-16(5-11-22)12-19(14-24)18-6-8-21(9-7-18)25(26)27/h1-13H,15H2. The third-order valence-corrected chi connectivity index (χ3v) is 4.23. The highest BCUT2D eigenvalue weighted by Gasteiger charge is 2.07. The van der Waals surface area contributed by atoms with Gasteiger partial charge in [0.15, 0.2) is 0 Å². The quantitative estimate of drug-likeness (QED) is 0.227. The third kappa shape index (κ3) is 4.97. The summed E-state index contributed by atoms with van der Waals surface area (Å²) in [6.07, 6.45) is 1.72. The zero-order valence-corrected chi connectivity index (χ0v) is 15.5. The number of rotatable bonds is 6. The van der Waals surface area contributed by atoms with Crippen LogP contribution < -0.4 is 4.74 Å². The summed E-state index contributed by atoms with van der Waals surface area (Å²) in [7, 11) is 0. The third-order valence-electron chi connectivity index (χ3n) is 4.00. The molecule has 0 atom stereocenters. The maximum absolute atomic E-state index is 10.7. The van der Waals surface area contributed by atoms with E-state index >= 15 is 0 Å². The predicted molar refractivity (Wildman–Crippen MR) is 109 cm³/mol. The van der Waals surface area contributed by atoms with E-state index in [1.165, 1.54) is 12.1 Å². The van der Waals surface area contributed by atoms with Crippen LogP contribution in [0.4, 0.5) is 5.69 Å². The zero-order valence-electron chi connectivity index (χ0n) is 14.7. The maximum Gasteiger partial charge on any atom is 0.269 e. The number of ether oxygens (including phenoxy) is 1. The second-order valence-electron chi connectivity index (χ2n) is 5.96. The van der Waals surface area contributed by atoms with Crippen LogP contribution in [0.15, 0.2) is 72.8 Å². The number of nitro groups is 1. The summed E-state index contributed by atoms with van der Waals surface area (Å²) in [5, 5.41) is 20.8. The minimum absolute atomic E-state index is 0.0118. The second-order valence-corrected chi connectivity index (χ2v) is 6.40. The molecular formula is C22H15ClN2O3. The fourth-order valence-electron chi connectivity index (χ4n) is 2.56. The van der Waals surface area contributed by atoms with E-state index in [1.54, 1.807) is 18.2 Å². The molecule has 0 spiro atoms. The molecule has 0 heterocycles. The molecule has 0 radical (unpaired) electrons. The first-order valence-electron chi connectivity index (χ1n) is 8.39. The molecule has 6 heteroatoms. The smallest absolute Gasteiger partial charge is 0.269 e. The normalized spacial score (nSPS) is 10.9. The zero-order chi connectivity index (χ0) is 19.9. The number of nitriles is 1. The van der Waals surface area contributed by atoms with Gasteiger partial charge in [0.2, 0.25) is 0 Å². The molecule has 0 aliphatic rings. The Balaban J connectivity index is 1.71. The van der Waals surface area contributed by atoms with Gasteiger partial charge in [-0.25, -0.2) is 0 Å². The maximum atomic E-state index is 10.7. The van der Waals surface area contributed by atoms with Gasteiger partial charge >= 0.3 is 0 Å². The van der Waals surface area contributed by atoms with E-state index in [9.17, 15) is 15.4 Å². The largest absolute Gasteiger partial charge is 0.489 e. The molecule has 5 nitrogen and oxygen atoms in total. The first-order valence-corrected chi connectivity index (χ1v) is 8.77. The minimum Gasteiger partial charge on any atom is -0.489 e. The number of allylic oxidation sites excluding steroid dienone is 1. The highest BCUT2D eigenvalue weighted by molar-refractivity contribution is 6.30. The average molecular weight is 391 g/mol. The van der Waals surface area contributed by atoms with Gasteiger partial charge in [-0.05, 0) is 59.2 Å². The average Bonchev–Trinajstić information content (AvgIpc) is 2.71. The van der Waals surface area contributed by atoms with E-state index in [4.69, 9.17) is 16.3 Å². The Labute approximate surface area is 167 Å². The van der Waals surface area contributed by atoms with Crippen LogP contribution in [0.2, 0.25) is 5.02 Å². The number of benzene rings is 3. The lowest BCUT2D eigenvalue weighted by Gasteiger charge is -2.07. The van der Waals surface area contributed by atoms with Crippen molar-refractivity contribution < 1.29 is 9.66 Å². The van der Waals surface area contributed by atoms with Crippen molar-refractivity contribution in [3.63, 3.8) is 0 Å². The Morgan fingerprint density at radius 3 is 2.43 bits per heavy atom. The Hall–Kier alpha value is -3.62. The van der Waals surface area contributed by atoms with E-state index in [-0.39, 0.29) is 5.69 Å². The Morgan fingerprint density at radius 1 is 1.11 bits per heavy atom. The lowest BCUT2D eigenvalue weighted by Crippen LogP contribution is -1.95. The van der Waals surface area contributed by atoms with E-state index in [1.807, 2.05) is 48.5 Å². The van der Waals surface area contributed by atoms with Gasteiger partial charge in [0.25, 0.3) is 5.69 Å². The fraction of sp³-hybridized carbons (Fsp3) is 0.0455. The molecule has 3 aromatic rings. The molecule has 0 saturated carbocycles. The van der Waals surface area contributed by atoms with Crippen LogP contribution in [0.3, 0.4) is 0 Å². The summed E-state index contributed by atoms with van der Waals surface area (Å²) in [5.41, 5.74) is 2.82. The van der Waals surface area contributed by atoms with Crippen LogP contribution in [-0.2, 0) is 6.61 Å². The Bertz CT molecular complexity index is 1050. The lowest BCUT2D eigenvalue weighted by molar-refractivity contribution is -0.384. The minimum atomic E-state index is -0.471. The van der Waals surface area contributed by atoms with Gasteiger partial charge in [-0.3, -0.25) is 10.1 Å². The summed E-state index contributed by atoms with van der Waals surface area (Å²) in [6.45, 7) is 0.405. The topological polar surface area (TPSA) is 76.2 Å². The molecule has 0 bridgehead atoms. The van der Waals surface area contributed by atoms with Crippen LogP contribution >= 0.6 is 11.6 Å². The predicted octanol–water partition coefficient (Wildman–Crippen LogP) is 5.89. The SMILES string of the molecule is N#CC(=Cc1ccc(OCc2cccc(Cl)c2)cc1)c1ccc([N+](=O)[O-])cc1. The summed E-state index contributed by atoms with van der Waals surface area (Å²) in [5.74, 6) is 0.700. The summed E-state index contributed by atoms with van der Waals surface area (Å²) in [6, 6.07) is 22.8. The summed E-state index contributed by atoms with van der Waals surface area (Å²) < 4.78 is 5.75. The van der Waals surface area contributed by atoms with Gasteiger partial charge in [0.1, 0.15) is 12.4 Å². The number of hydrogen-bond donors (Lipinski definition) is 0. The van der Waals surface area contributed by atoms with Crippen molar-refractivity contribution in [2.45, 2.75) is 6.61 Å². The number of hydrogen-bond acceptors (Lipinski definition) is 4. The van der Waals surface area contributed by atoms with Crippen molar-refractivity contribution in [3.8, 4) is 11.8 Å². The van der Waals surface area contributed by atoms with E-state index in [0.29, 0.717) is 28.5 Å². The van der Waals surface area contributed by atoms with E-state index in [0.717, 1.165) is 11.1 Å². The lowest BCUT2D eigenvalue weighted by atomic mass is 10.0. The molecule has 0 saturated heterocycles. The van der Waals surface area contributed by atoms with E-state index < -0.39 is 4.92 Å². The molecule has 0 unspecified atom stereocenters. The summed E-state index contributed by atoms with van der Waals surface area (Å²) >= 11 is 5.96. The van der Waals surface area contributed by atoms with Crippen LogP contribution in [0.1, 0.15) is 16.7 Å². The Morgan fingerprint density at radius 2 is 1.82 bits per heavy atom. The first-order chi connectivity index (χ1) is 13.5. The molecule has 0 aromatic heterocycles. The number of non-ortho nitro benzene ring substituents is 1. The monoisotopic (exact) mass is 390 g/mol. The van der Waals surface area contributed by atoms with Crippen molar-refractivity contribution >= 4 is 28.9 Å². The van der Waals surface area contributed by atoms with Crippen LogP contribution in [-0.4, -0.2) is 4.92 Å². The molecule has 28 heavy (non-hydrogen) atoms. The van der Waals surface area contributed by atoms with Gasteiger partial charge in [-0.1, -0.05) is 35.9 Å². The van der Waals surface area contributed by atoms with E-state index in [2.05, 4.69) is 6.07 Å². The molecule has 0 amide bonds. The molecule has 3 rings (SSSR count). The van der Waals surface area contributed by atoms with Gasteiger partial charge in [-0.15, -0.1) is 0 Å². The highest BCUT2D eigenvalue weighted by atomic mass is 35.5. The molecule has 0 fully saturated rings. The summed E-state index contributed by atoms with van der Waals surface area (Å²) in [4.78, 5) is 10.3. The van der Waals surface area contributed by atoms with Crippen LogP contribution in [0.25, 0.3) is 11.6 Å². The van der Waals surface area contributed by atoms with Crippen molar-refractivity contribution in [1.82, 2.24) is 0 Å². The van der Waals surface area contributed by atoms with Crippen molar-refractivity contribution in [1.29, 1.82) is 5.26 Å². The van der Waals surface area contributed by atoms with Crippen LogP contribution in [0.5, 0.6) is 5.75 Å². The molecule has 0 N–H and O–H groups in total. The van der Waals surface area contributed by atoms with Crippen molar-refractivity contribution in [2.75, 3.05) is 0 Å². The van der Waals surface area contributed by atoms with Gasteiger partial charge in [0, 0.05) is 17.2 Å². The van der Waals surface area contributed by atoms with Gasteiger partial charge in [-0.2, -0.15) is 5.26 Å². The molecular weight excluding hydrogens is 376 g/mol. The molecule has 3 aromatic carbocycles. The second kappa shape index (κ2) is 8.85. The van der Waals surface area contributed by atoms with Crippen molar-refractivity contribution in [2.24, 2.45) is 0 Å². The molecule has 138 valence electrons. The van der Waals surface area contributed by atoms with Crippen LogP contribution in [0, 0.1) is 21.4 Å². The number of nitrogens with zero attached hydrogens (tertiary/aromatic N) is 2. The number of halogens is 1. The van der Waals surface area contributed by atoms with Crippen molar-refractivity contribution in [3.05, 3.63) is 105 Å². The Kier molecular flexibility index (Phi) is 6.05. The molecule has 0 aliphatic heterocycles. The van der Waals surface area contributed by atoms with Gasteiger partial charge < -0.3 is 4.74 Å².